The third-order valence-electron chi connectivity index (χ3n) is 7.58. The van der Waals surface area contributed by atoms with E-state index < -0.39 is 28.5 Å². The summed E-state index contributed by atoms with van der Waals surface area (Å²) in [6.07, 6.45) is 0.957. The monoisotopic (exact) mass is 645 g/mol. The minimum Gasteiger partial charge on any atom is -0.354 e. The van der Waals surface area contributed by atoms with Crippen LogP contribution >= 0.6 is 11.6 Å². The van der Waals surface area contributed by atoms with Gasteiger partial charge in [0.05, 0.1) is 10.6 Å². The van der Waals surface area contributed by atoms with Crippen molar-refractivity contribution < 1.29 is 18.0 Å². The Morgan fingerprint density at radius 1 is 0.822 bits per heavy atom. The number of amides is 2. The molecule has 0 aliphatic rings. The Kier molecular flexibility index (Phi) is 11.8. The molecule has 2 amide bonds. The molecule has 1 atom stereocenters. The highest BCUT2D eigenvalue weighted by Gasteiger charge is 2.34. The largest absolute Gasteiger partial charge is 0.354 e. The van der Waals surface area contributed by atoms with E-state index in [-0.39, 0.29) is 29.7 Å². The van der Waals surface area contributed by atoms with Gasteiger partial charge in [-0.1, -0.05) is 111 Å². The van der Waals surface area contributed by atoms with E-state index >= 15 is 0 Å². The third kappa shape index (κ3) is 8.74. The van der Waals surface area contributed by atoms with Crippen LogP contribution in [0.2, 0.25) is 5.02 Å². The Morgan fingerprint density at radius 2 is 1.42 bits per heavy atom. The standard InChI is InChI=1S/C36H40ClN3O4S/c1-4-23-38-36(42)34(24-28-13-7-5-8-14-28)39(25-30-15-11-12-18-33(30)37)35(41)26-40(31-21-19-29(20-22-31)27(2)3)45(43,44)32-16-9-6-10-17-32/h5-22,27,34H,4,23-26H2,1-3H3,(H,38,42)/t34-/m1/s1. The first-order valence-electron chi connectivity index (χ1n) is 15.1. The van der Waals surface area contributed by atoms with Gasteiger partial charge in [0.2, 0.25) is 11.8 Å². The van der Waals surface area contributed by atoms with Gasteiger partial charge in [-0.2, -0.15) is 0 Å². The summed E-state index contributed by atoms with van der Waals surface area (Å²) in [5.74, 6) is -0.610. The molecule has 4 aromatic carbocycles. The van der Waals surface area contributed by atoms with Gasteiger partial charge >= 0.3 is 0 Å². The highest BCUT2D eigenvalue weighted by molar-refractivity contribution is 7.92. The molecular formula is C36H40ClN3O4S. The normalized spacial score (nSPS) is 12.0. The van der Waals surface area contributed by atoms with Crippen LogP contribution in [0.3, 0.4) is 0 Å². The zero-order valence-corrected chi connectivity index (χ0v) is 27.5. The summed E-state index contributed by atoms with van der Waals surface area (Å²) in [6.45, 7) is 6.00. The molecule has 0 spiro atoms. The predicted octanol–water partition coefficient (Wildman–Crippen LogP) is 6.83. The van der Waals surface area contributed by atoms with E-state index in [1.165, 1.54) is 17.0 Å². The number of nitrogens with zero attached hydrogens (tertiary/aromatic N) is 2. The topological polar surface area (TPSA) is 86.8 Å². The Balaban J connectivity index is 1.80. The van der Waals surface area contributed by atoms with Crippen LogP contribution in [0.5, 0.6) is 0 Å². The lowest BCUT2D eigenvalue weighted by Gasteiger charge is -2.34. The van der Waals surface area contributed by atoms with Gasteiger partial charge in [-0.3, -0.25) is 13.9 Å². The first-order valence-corrected chi connectivity index (χ1v) is 17.0. The molecule has 0 radical (unpaired) electrons. The molecule has 0 heterocycles. The molecule has 236 valence electrons. The van der Waals surface area contributed by atoms with Gasteiger partial charge in [0, 0.05) is 24.5 Å². The quantitative estimate of drug-likeness (QED) is 0.163. The van der Waals surface area contributed by atoms with E-state index in [0.717, 1.165) is 21.9 Å². The molecule has 0 fully saturated rings. The van der Waals surface area contributed by atoms with Crippen molar-refractivity contribution in [1.82, 2.24) is 10.2 Å². The summed E-state index contributed by atoms with van der Waals surface area (Å²) < 4.78 is 29.3. The van der Waals surface area contributed by atoms with E-state index in [2.05, 4.69) is 19.2 Å². The molecule has 4 rings (SSSR count). The highest BCUT2D eigenvalue weighted by atomic mass is 35.5. The van der Waals surface area contributed by atoms with Crippen molar-refractivity contribution in [2.45, 2.75) is 57.0 Å². The van der Waals surface area contributed by atoms with E-state index in [1.807, 2.05) is 55.5 Å². The first-order chi connectivity index (χ1) is 21.6. The maximum Gasteiger partial charge on any atom is 0.264 e. The minimum absolute atomic E-state index is 0.0149. The number of hydrogen-bond donors (Lipinski definition) is 1. The summed E-state index contributed by atoms with van der Waals surface area (Å²) in [5, 5.41) is 3.39. The van der Waals surface area contributed by atoms with Crippen LogP contribution < -0.4 is 9.62 Å². The van der Waals surface area contributed by atoms with E-state index in [4.69, 9.17) is 11.6 Å². The molecule has 0 aliphatic heterocycles. The second kappa shape index (κ2) is 15.7. The molecule has 9 heteroatoms. The molecule has 7 nitrogen and oxygen atoms in total. The number of nitrogens with one attached hydrogen (secondary N) is 1. The highest BCUT2D eigenvalue weighted by Crippen LogP contribution is 2.27. The average molecular weight is 646 g/mol. The van der Waals surface area contributed by atoms with Crippen molar-refractivity contribution in [2.24, 2.45) is 0 Å². The van der Waals surface area contributed by atoms with Crippen molar-refractivity contribution in [2.75, 3.05) is 17.4 Å². The zero-order chi connectivity index (χ0) is 32.4. The second-order valence-electron chi connectivity index (χ2n) is 11.2. The smallest absolute Gasteiger partial charge is 0.264 e. The van der Waals surface area contributed by atoms with Crippen LogP contribution in [0.25, 0.3) is 0 Å². The molecule has 0 saturated carbocycles. The van der Waals surface area contributed by atoms with Gasteiger partial charge in [0.15, 0.2) is 0 Å². The molecule has 1 N–H and O–H groups in total. The van der Waals surface area contributed by atoms with Crippen LogP contribution in [0.15, 0.2) is 114 Å². The molecular weight excluding hydrogens is 606 g/mol. The van der Waals surface area contributed by atoms with Gasteiger partial charge in [-0.25, -0.2) is 8.42 Å². The van der Waals surface area contributed by atoms with Gasteiger partial charge in [-0.05, 0) is 59.4 Å². The van der Waals surface area contributed by atoms with Crippen molar-refractivity contribution >= 4 is 39.1 Å². The number of benzene rings is 4. The van der Waals surface area contributed by atoms with Crippen molar-refractivity contribution in [3.8, 4) is 0 Å². The number of hydrogen-bond acceptors (Lipinski definition) is 4. The van der Waals surface area contributed by atoms with Gasteiger partial charge < -0.3 is 10.2 Å². The maximum absolute atomic E-state index is 14.5. The van der Waals surface area contributed by atoms with Crippen LogP contribution in [0, 0.1) is 0 Å². The third-order valence-corrected chi connectivity index (χ3v) is 9.73. The lowest BCUT2D eigenvalue weighted by atomic mass is 10.0. The van der Waals surface area contributed by atoms with Gasteiger partial charge in [0.25, 0.3) is 10.0 Å². The van der Waals surface area contributed by atoms with Crippen molar-refractivity contribution in [1.29, 1.82) is 0 Å². The van der Waals surface area contributed by atoms with Gasteiger partial charge in [0.1, 0.15) is 12.6 Å². The number of rotatable bonds is 14. The Hall–Kier alpha value is -4.14. The zero-order valence-electron chi connectivity index (χ0n) is 25.9. The van der Waals surface area contributed by atoms with Crippen LogP contribution in [-0.2, 0) is 32.6 Å². The summed E-state index contributed by atoms with van der Waals surface area (Å²) in [6, 6.07) is 30.9. The fourth-order valence-corrected chi connectivity index (χ4v) is 6.63. The lowest BCUT2D eigenvalue weighted by molar-refractivity contribution is -0.140. The molecule has 0 unspecified atom stereocenters. The van der Waals surface area contributed by atoms with E-state index in [9.17, 15) is 18.0 Å². The second-order valence-corrected chi connectivity index (χ2v) is 13.5. The van der Waals surface area contributed by atoms with Crippen LogP contribution in [0.1, 0.15) is 49.8 Å². The number of carbonyl (C=O) groups is 2. The predicted molar refractivity (Wildman–Crippen MR) is 181 cm³/mol. The summed E-state index contributed by atoms with van der Waals surface area (Å²) in [5.41, 5.74) is 2.90. The lowest BCUT2D eigenvalue weighted by Crippen LogP contribution is -2.53. The number of sulfonamides is 1. The van der Waals surface area contributed by atoms with Crippen molar-refractivity contribution in [3.63, 3.8) is 0 Å². The number of carbonyl (C=O) groups excluding carboxylic acids is 2. The summed E-state index contributed by atoms with van der Waals surface area (Å²) in [7, 11) is -4.16. The van der Waals surface area contributed by atoms with E-state index in [1.54, 1.807) is 48.5 Å². The SMILES string of the molecule is CCCNC(=O)[C@@H](Cc1ccccc1)N(Cc1ccccc1Cl)C(=O)CN(c1ccc(C(C)C)cc1)S(=O)(=O)c1ccccc1. The molecule has 0 bridgehead atoms. The first kappa shape index (κ1) is 33.7. The van der Waals surface area contributed by atoms with Crippen LogP contribution in [0.4, 0.5) is 5.69 Å². The Bertz CT molecular complexity index is 1660. The van der Waals surface area contributed by atoms with Crippen LogP contribution in [-0.4, -0.2) is 44.3 Å². The molecule has 0 aliphatic carbocycles. The molecule has 0 aromatic heterocycles. The Labute approximate surface area is 271 Å². The average Bonchev–Trinajstić information content (AvgIpc) is 3.05. The minimum atomic E-state index is -4.16. The number of anilines is 1. The number of halogens is 1. The van der Waals surface area contributed by atoms with Gasteiger partial charge in [-0.15, -0.1) is 0 Å². The maximum atomic E-state index is 14.5. The fraction of sp³-hybridized carbons (Fsp3) is 0.278. The summed E-state index contributed by atoms with van der Waals surface area (Å²) >= 11 is 6.55. The Morgan fingerprint density at radius 3 is 2.02 bits per heavy atom. The molecule has 4 aromatic rings. The molecule has 0 saturated heterocycles. The fourth-order valence-electron chi connectivity index (χ4n) is 5.00. The van der Waals surface area contributed by atoms with E-state index in [0.29, 0.717) is 22.8 Å². The van der Waals surface area contributed by atoms with Crippen molar-refractivity contribution in [3.05, 3.63) is 131 Å². The summed E-state index contributed by atoms with van der Waals surface area (Å²) in [4.78, 5) is 29.7. The molecule has 45 heavy (non-hydrogen) atoms.